The van der Waals surface area contributed by atoms with Gasteiger partial charge in [-0.3, -0.25) is 4.79 Å². The van der Waals surface area contributed by atoms with Gasteiger partial charge in [-0.2, -0.15) is 0 Å². The molecule has 0 saturated heterocycles. The SMILES string of the molecule is CCOc1ccc(CNC(=O)c2ccc3c(c2)OCCO3)cc1. The van der Waals surface area contributed by atoms with Gasteiger partial charge in [-0.25, -0.2) is 0 Å². The normalized spacial score (nSPS) is 12.6. The largest absolute Gasteiger partial charge is 0.494 e. The molecule has 5 heteroatoms. The molecule has 120 valence electrons. The minimum Gasteiger partial charge on any atom is -0.494 e. The number of ether oxygens (including phenoxy) is 3. The van der Waals surface area contributed by atoms with Crippen molar-refractivity contribution in [1.29, 1.82) is 0 Å². The molecule has 1 aliphatic rings. The summed E-state index contributed by atoms with van der Waals surface area (Å²) in [5.74, 6) is 1.98. The van der Waals surface area contributed by atoms with E-state index in [9.17, 15) is 4.79 Å². The van der Waals surface area contributed by atoms with E-state index in [4.69, 9.17) is 14.2 Å². The van der Waals surface area contributed by atoms with Gasteiger partial charge in [-0.1, -0.05) is 12.1 Å². The number of nitrogens with one attached hydrogen (secondary N) is 1. The summed E-state index contributed by atoms with van der Waals surface area (Å²) in [7, 11) is 0. The second-order valence-corrected chi connectivity index (χ2v) is 5.12. The Morgan fingerprint density at radius 2 is 1.83 bits per heavy atom. The van der Waals surface area contributed by atoms with Gasteiger partial charge in [-0.15, -0.1) is 0 Å². The Hall–Kier alpha value is -2.69. The van der Waals surface area contributed by atoms with Crippen LogP contribution < -0.4 is 19.5 Å². The molecular formula is C18H19NO4. The number of carbonyl (C=O) groups is 1. The Bertz CT molecular complexity index is 682. The quantitative estimate of drug-likeness (QED) is 0.922. The van der Waals surface area contributed by atoms with Crippen LogP contribution in [0.3, 0.4) is 0 Å². The van der Waals surface area contributed by atoms with Crippen LogP contribution in [0.25, 0.3) is 0 Å². The molecule has 0 spiro atoms. The molecule has 5 nitrogen and oxygen atoms in total. The fourth-order valence-electron chi connectivity index (χ4n) is 2.34. The summed E-state index contributed by atoms with van der Waals surface area (Å²) in [6.45, 7) is 4.09. The van der Waals surface area contributed by atoms with Crippen molar-refractivity contribution in [3.8, 4) is 17.2 Å². The van der Waals surface area contributed by atoms with E-state index in [0.29, 0.717) is 43.4 Å². The van der Waals surface area contributed by atoms with E-state index in [-0.39, 0.29) is 5.91 Å². The molecule has 2 aromatic carbocycles. The molecule has 0 saturated carbocycles. The van der Waals surface area contributed by atoms with Crippen LogP contribution in [0.5, 0.6) is 17.2 Å². The Morgan fingerprint density at radius 1 is 1.09 bits per heavy atom. The van der Waals surface area contributed by atoms with E-state index in [1.165, 1.54) is 0 Å². The van der Waals surface area contributed by atoms with Crippen LogP contribution in [0.2, 0.25) is 0 Å². The van der Waals surface area contributed by atoms with Crippen LogP contribution in [0.15, 0.2) is 42.5 Å². The highest BCUT2D eigenvalue weighted by Gasteiger charge is 2.14. The zero-order valence-corrected chi connectivity index (χ0v) is 13.0. The van der Waals surface area contributed by atoms with Gasteiger partial charge in [0.25, 0.3) is 5.91 Å². The highest BCUT2D eigenvalue weighted by Crippen LogP contribution is 2.30. The average Bonchev–Trinajstić information content (AvgIpc) is 2.60. The molecule has 0 unspecified atom stereocenters. The summed E-state index contributed by atoms with van der Waals surface area (Å²) in [5.41, 5.74) is 1.57. The highest BCUT2D eigenvalue weighted by atomic mass is 16.6. The molecule has 0 bridgehead atoms. The minimum absolute atomic E-state index is 0.143. The number of fused-ring (bicyclic) bond motifs is 1. The zero-order valence-electron chi connectivity index (χ0n) is 13.0. The summed E-state index contributed by atoms with van der Waals surface area (Å²) >= 11 is 0. The standard InChI is InChI=1S/C18H19NO4/c1-2-21-15-6-3-13(4-7-15)12-19-18(20)14-5-8-16-17(11-14)23-10-9-22-16/h3-8,11H,2,9-10,12H2,1H3,(H,19,20). The molecule has 0 aromatic heterocycles. The zero-order chi connectivity index (χ0) is 16.1. The van der Waals surface area contributed by atoms with Crippen LogP contribution in [0.4, 0.5) is 0 Å². The van der Waals surface area contributed by atoms with Gasteiger partial charge in [0, 0.05) is 12.1 Å². The van der Waals surface area contributed by atoms with Gasteiger partial charge >= 0.3 is 0 Å². The van der Waals surface area contributed by atoms with Gasteiger partial charge in [0.05, 0.1) is 6.61 Å². The van der Waals surface area contributed by atoms with E-state index in [1.54, 1.807) is 18.2 Å². The van der Waals surface area contributed by atoms with Crippen molar-refractivity contribution in [3.63, 3.8) is 0 Å². The third-order valence-electron chi connectivity index (χ3n) is 3.49. The topological polar surface area (TPSA) is 56.8 Å². The predicted molar refractivity (Wildman–Crippen MR) is 86.2 cm³/mol. The van der Waals surface area contributed by atoms with Crippen molar-refractivity contribution in [2.45, 2.75) is 13.5 Å². The van der Waals surface area contributed by atoms with E-state index >= 15 is 0 Å². The van der Waals surface area contributed by atoms with Crippen molar-refractivity contribution in [1.82, 2.24) is 5.32 Å². The van der Waals surface area contributed by atoms with Gasteiger partial charge in [-0.05, 0) is 42.8 Å². The smallest absolute Gasteiger partial charge is 0.251 e. The fraction of sp³-hybridized carbons (Fsp3) is 0.278. The molecule has 0 aliphatic carbocycles. The minimum atomic E-state index is -0.143. The average molecular weight is 313 g/mol. The molecule has 1 amide bonds. The van der Waals surface area contributed by atoms with E-state index in [0.717, 1.165) is 11.3 Å². The fourth-order valence-corrected chi connectivity index (χ4v) is 2.34. The highest BCUT2D eigenvalue weighted by molar-refractivity contribution is 5.94. The number of benzene rings is 2. The van der Waals surface area contributed by atoms with Crippen molar-refractivity contribution in [2.75, 3.05) is 19.8 Å². The molecule has 2 aromatic rings. The summed E-state index contributed by atoms with van der Waals surface area (Å²) in [6, 6.07) is 12.9. The van der Waals surface area contributed by atoms with E-state index in [2.05, 4.69) is 5.32 Å². The van der Waals surface area contributed by atoms with E-state index < -0.39 is 0 Å². The van der Waals surface area contributed by atoms with Gasteiger partial charge in [0.15, 0.2) is 11.5 Å². The van der Waals surface area contributed by atoms with Gasteiger partial charge in [0.1, 0.15) is 19.0 Å². The number of carbonyl (C=O) groups excluding carboxylic acids is 1. The summed E-state index contributed by atoms with van der Waals surface area (Å²) in [6.07, 6.45) is 0. The lowest BCUT2D eigenvalue weighted by atomic mass is 10.1. The number of rotatable bonds is 5. The van der Waals surface area contributed by atoms with Crippen molar-refractivity contribution in [2.24, 2.45) is 0 Å². The second kappa shape index (κ2) is 7.05. The monoisotopic (exact) mass is 313 g/mol. The molecule has 0 atom stereocenters. The third-order valence-corrected chi connectivity index (χ3v) is 3.49. The number of amides is 1. The molecule has 0 fully saturated rings. The lowest BCUT2D eigenvalue weighted by Gasteiger charge is -2.18. The maximum Gasteiger partial charge on any atom is 0.251 e. The lowest BCUT2D eigenvalue weighted by molar-refractivity contribution is 0.0949. The molecule has 1 aliphatic heterocycles. The Balaban J connectivity index is 1.60. The molecule has 3 rings (SSSR count). The predicted octanol–water partition coefficient (Wildman–Crippen LogP) is 2.79. The van der Waals surface area contributed by atoms with Crippen LogP contribution in [-0.4, -0.2) is 25.7 Å². The summed E-state index contributed by atoms with van der Waals surface area (Å²) in [5, 5.41) is 2.90. The first-order chi connectivity index (χ1) is 11.3. The van der Waals surface area contributed by atoms with Crippen molar-refractivity contribution in [3.05, 3.63) is 53.6 Å². The third kappa shape index (κ3) is 3.74. The Kier molecular flexibility index (Phi) is 4.66. The van der Waals surface area contributed by atoms with E-state index in [1.807, 2.05) is 31.2 Å². The molecule has 1 N–H and O–H groups in total. The van der Waals surface area contributed by atoms with Crippen LogP contribution >= 0.6 is 0 Å². The Labute approximate surface area is 135 Å². The second-order valence-electron chi connectivity index (χ2n) is 5.12. The maximum absolute atomic E-state index is 12.2. The lowest BCUT2D eigenvalue weighted by Crippen LogP contribution is -2.23. The first-order valence-electron chi connectivity index (χ1n) is 7.66. The first-order valence-corrected chi connectivity index (χ1v) is 7.66. The van der Waals surface area contributed by atoms with Crippen molar-refractivity contribution >= 4 is 5.91 Å². The van der Waals surface area contributed by atoms with Crippen LogP contribution in [0, 0.1) is 0 Å². The molecule has 1 heterocycles. The van der Waals surface area contributed by atoms with Gasteiger partial charge < -0.3 is 19.5 Å². The summed E-state index contributed by atoms with van der Waals surface area (Å²) in [4.78, 5) is 12.2. The summed E-state index contributed by atoms with van der Waals surface area (Å²) < 4.78 is 16.3. The van der Waals surface area contributed by atoms with Crippen LogP contribution in [0.1, 0.15) is 22.8 Å². The van der Waals surface area contributed by atoms with Gasteiger partial charge in [0.2, 0.25) is 0 Å². The first kappa shape index (κ1) is 15.2. The number of hydrogen-bond donors (Lipinski definition) is 1. The van der Waals surface area contributed by atoms with Crippen LogP contribution in [-0.2, 0) is 6.54 Å². The molecular weight excluding hydrogens is 294 g/mol. The molecule has 0 radical (unpaired) electrons. The molecule has 23 heavy (non-hydrogen) atoms. The van der Waals surface area contributed by atoms with Crippen molar-refractivity contribution < 1.29 is 19.0 Å². The number of hydrogen-bond acceptors (Lipinski definition) is 4. The Morgan fingerprint density at radius 3 is 2.57 bits per heavy atom. The maximum atomic E-state index is 12.2.